The molecule has 1 heterocycles. The van der Waals surface area contributed by atoms with Crippen LogP contribution in [-0.2, 0) is 10.0 Å². The molecule has 0 amide bonds. The lowest BCUT2D eigenvalue weighted by atomic mass is 10.1. The molecule has 1 aliphatic rings. The van der Waals surface area contributed by atoms with Crippen molar-refractivity contribution in [3.63, 3.8) is 0 Å². The summed E-state index contributed by atoms with van der Waals surface area (Å²) in [4.78, 5) is 2.35. The number of aliphatic hydroxyl groups is 1. The smallest absolute Gasteiger partial charge is 0.240 e. The highest BCUT2D eigenvalue weighted by molar-refractivity contribution is 7.89. The molecule has 0 aliphatic carbocycles. The van der Waals surface area contributed by atoms with Crippen LogP contribution in [0.25, 0.3) is 0 Å². The molecule has 2 aromatic rings. The topological polar surface area (TPSA) is 78.9 Å². The summed E-state index contributed by atoms with van der Waals surface area (Å²) < 4.78 is 33.4. The molecule has 0 radical (unpaired) electrons. The molecule has 1 fully saturated rings. The molecule has 1 atom stereocenters. The van der Waals surface area contributed by atoms with E-state index < -0.39 is 16.1 Å². The SMILES string of the molecule is Cc1ccccc1S(=O)(=O)NC[C@@H](O)CN1CCC(Oc2ccc(Cl)c(Cl)c2)CC1. The first-order valence-electron chi connectivity index (χ1n) is 9.82. The van der Waals surface area contributed by atoms with Gasteiger partial charge in [0.15, 0.2) is 0 Å². The summed E-state index contributed by atoms with van der Waals surface area (Å²) in [6.07, 6.45) is 0.885. The molecule has 0 bridgehead atoms. The van der Waals surface area contributed by atoms with E-state index in [1.807, 2.05) is 0 Å². The molecular formula is C21H26Cl2N2O4S. The monoisotopic (exact) mass is 472 g/mol. The van der Waals surface area contributed by atoms with Crippen molar-refractivity contribution in [3.05, 3.63) is 58.1 Å². The maximum Gasteiger partial charge on any atom is 0.240 e. The van der Waals surface area contributed by atoms with Gasteiger partial charge in [-0.3, -0.25) is 0 Å². The molecule has 9 heteroatoms. The Morgan fingerprint density at radius 1 is 1.17 bits per heavy atom. The largest absolute Gasteiger partial charge is 0.490 e. The van der Waals surface area contributed by atoms with Crippen LogP contribution in [0.5, 0.6) is 5.75 Å². The number of aryl methyl sites for hydroxylation is 1. The van der Waals surface area contributed by atoms with Crippen LogP contribution >= 0.6 is 23.2 Å². The van der Waals surface area contributed by atoms with Crippen molar-refractivity contribution >= 4 is 33.2 Å². The number of ether oxygens (including phenoxy) is 1. The van der Waals surface area contributed by atoms with Crippen LogP contribution in [0.4, 0.5) is 0 Å². The van der Waals surface area contributed by atoms with Crippen LogP contribution in [0.3, 0.4) is 0 Å². The zero-order valence-corrected chi connectivity index (χ0v) is 19.1. The Balaban J connectivity index is 1.43. The number of sulfonamides is 1. The van der Waals surface area contributed by atoms with Crippen molar-refractivity contribution in [1.82, 2.24) is 9.62 Å². The van der Waals surface area contributed by atoms with Gasteiger partial charge < -0.3 is 14.7 Å². The molecule has 164 valence electrons. The Kier molecular flexibility index (Phi) is 8.01. The summed E-state index contributed by atoms with van der Waals surface area (Å²) in [7, 11) is -3.65. The third-order valence-corrected chi connectivity index (χ3v) is 7.41. The molecule has 2 aromatic carbocycles. The lowest BCUT2D eigenvalue weighted by molar-refractivity contribution is 0.0630. The molecule has 1 aliphatic heterocycles. The van der Waals surface area contributed by atoms with Gasteiger partial charge >= 0.3 is 0 Å². The number of halogens is 2. The number of hydrogen-bond acceptors (Lipinski definition) is 5. The van der Waals surface area contributed by atoms with Gasteiger partial charge in [0.1, 0.15) is 11.9 Å². The second kappa shape index (κ2) is 10.3. The second-order valence-electron chi connectivity index (χ2n) is 7.46. The standard InChI is InChI=1S/C21H26Cl2N2O4S/c1-15-4-2-3-5-21(15)30(27,28)24-13-16(26)14-25-10-8-17(9-11-25)29-18-6-7-19(22)20(23)12-18/h2-7,12,16-17,24,26H,8-11,13-14H2,1H3/t16-/m1/s1. The number of benzene rings is 2. The van der Waals surface area contributed by atoms with E-state index in [4.69, 9.17) is 27.9 Å². The van der Waals surface area contributed by atoms with E-state index in [0.29, 0.717) is 27.9 Å². The van der Waals surface area contributed by atoms with Gasteiger partial charge in [0.2, 0.25) is 10.0 Å². The number of β-amino-alcohol motifs (C(OH)–C–C–N with tert-alkyl or cyclic N) is 1. The molecule has 1 saturated heterocycles. The van der Waals surface area contributed by atoms with E-state index in [2.05, 4.69) is 9.62 Å². The first-order chi connectivity index (χ1) is 14.2. The maximum atomic E-state index is 12.4. The highest BCUT2D eigenvalue weighted by Gasteiger charge is 2.24. The quantitative estimate of drug-likeness (QED) is 0.614. The fraction of sp³-hybridized carbons (Fsp3) is 0.429. The second-order valence-corrected chi connectivity index (χ2v) is 10.0. The summed E-state index contributed by atoms with van der Waals surface area (Å²) in [5, 5.41) is 11.3. The first-order valence-corrected chi connectivity index (χ1v) is 12.1. The highest BCUT2D eigenvalue weighted by Crippen LogP contribution is 2.28. The van der Waals surface area contributed by atoms with Crippen molar-refractivity contribution in [2.24, 2.45) is 0 Å². The van der Waals surface area contributed by atoms with E-state index >= 15 is 0 Å². The normalized spacial score (nSPS) is 17.1. The average molecular weight is 473 g/mol. The lowest BCUT2D eigenvalue weighted by Crippen LogP contribution is -2.45. The van der Waals surface area contributed by atoms with Crippen LogP contribution in [-0.4, -0.2) is 56.8 Å². The summed E-state index contributed by atoms with van der Waals surface area (Å²) >= 11 is 12.0. The van der Waals surface area contributed by atoms with E-state index in [0.717, 1.165) is 25.9 Å². The van der Waals surface area contributed by atoms with Crippen molar-refractivity contribution in [2.45, 2.75) is 36.9 Å². The van der Waals surface area contributed by atoms with Crippen LogP contribution in [0, 0.1) is 6.92 Å². The Labute approximate surface area is 187 Å². The number of rotatable bonds is 8. The maximum absolute atomic E-state index is 12.4. The van der Waals surface area contributed by atoms with Gasteiger partial charge in [0, 0.05) is 32.2 Å². The van der Waals surface area contributed by atoms with Gasteiger partial charge in [-0.1, -0.05) is 41.4 Å². The van der Waals surface area contributed by atoms with E-state index in [-0.39, 0.29) is 17.5 Å². The predicted molar refractivity (Wildman–Crippen MR) is 119 cm³/mol. The molecule has 0 unspecified atom stereocenters. The molecule has 3 rings (SSSR count). The van der Waals surface area contributed by atoms with Crippen LogP contribution < -0.4 is 9.46 Å². The van der Waals surface area contributed by atoms with Gasteiger partial charge in [-0.25, -0.2) is 13.1 Å². The van der Waals surface area contributed by atoms with E-state index in [9.17, 15) is 13.5 Å². The fourth-order valence-electron chi connectivity index (χ4n) is 3.46. The molecule has 30 heavy (non-hydrogen) atoms. The predicted octanol–water partition coefficient (Wildman–Crippen LogP) is 3.48. The number of hydrogen-bond donors (Lipinski definition) is 2. The highest BCUT2D eigenvalue weighted by atomic mass is 35.5. The Hall–Kier alpha value is -1.35. The molecule has 6 nitrogen and oxygen atoms in total. The van der Waals surface area contributed by atoms with Crippen LogP contribution in [0.15, 0.2) is 47.4 Å². The minimum atomic E-state index is -3.65. The zero-order chi connectivity index (χ0) is 21.7. The van der Waals surface area contributed by atoms with Crippen molar-refractivity contribution in [3.8, 4) is 5.75 Å². The molecule has 0 aromatic heterocycles. The number of piperidine rings is 1. The van der Waals surface area contributed by atoms with Crippen molar-refractivity contribution in [2.75, 3.05) is 26.2 Å². The molecule has 0 saturated carbocycles. The van der Waals surface area contributed by atoms with Crippen molar-refractivity contribution < 1.29 is 18.3 Å². The van der Waals surface area contributed by atoms with Gasteiger partial charge in [0.05, 0.1) is 21.0 Å². The minimum absolute atomic E-state index is 0.0314. The number of likely N-dealkylation sites (tertiary alicyclic amines) is 1. The first kappa shape index (κ1) is 23.3. The fourth-order valence-corrected chi connectivity index (χ4v) is 5.06. The average Bonchev–Trinajstić information content (AvgIpc) is 2.71. The van der Waals surface area contributed by atoms with Crippen molar-refractivity contribution in [1.29, 1.82) is 0 Å². The van der Waals surface area contributed by atoms with Crippen LogP contribution in [0.2, 0.25) is 10.0 Å². The summed E-state index contributed by atoms with van der Waals surface area (Å²) in [5.41, 5.74) is 0.670. The van der Waals surface area contributed by atoms with Gasteiger partial charge in [0.25, 0.3) is 0 Å². The van der Waals surface area contributed by atoms with Gasteiger partial charge in [-0.15, -0.1) is 0 Å². The molecule has 0 spiro atoms. The number of nitrogens with one attached hydrogen (secondary N) is 1. The van der Waals surface area contributed by atoms with E-state index in [1.54, 1.807) is 49.4 Å². The Morgan fingerprint density at radius 2 is 1.87 bits per heavy atom. The number of aliphatic hydroxyl groups excluding tert-OH is 1. The third kappa shape index (κ3) is 6.33. The molecule has 2 N–H and O–H groups in total. The number of nitrogens with zero attached hydrogens (tertiary/aromatic N) is 1. The lowest BCUT2D eigenvalue weighted by Gasteiger charge is -2.33. The minimum Gasteiger partial charge on any atom is -0.490 e. The summed E-state index contributed by atoms with van der Waals surface area (Å²) in [6, 6.07) is 12.0. The van der Waals surface area contributed by atoms with Crippen LogP contribution in [0.1, 0.15) is 18.4 Å². The summed E-state index contributed by atoms with van der Waals surface area (Å²) in [5.74, 6) is 0.688. The van der Waals surface area contributed by atoms with Gasteiger partial charge in [-0.2, -0.15) is 0 Å². The Bertz CT molecular complexity index is 963. The zero-order valence-electron chi connectivity index (χ0n) is 16.7. The van der Waals surface area contributed by atoms with E-state index in [1.165, 1.54) is 0 Å². The Morgan fingerprint density at radius 3 is 2.53 bits per heavy atom. The summed E-state index contributed by atoms with van der Waals surface area (Å²) in [6.45, 7) is 3.63. The third-order valence-electron chi connectivity index (χ3n) is 5.09. The van der Waals surface area contributed by atoms with Gasteiger partial charge in [-0.05, 0) is 43.5 Å². The molecular weight excluding hydrogens is 447 g/mol.